The Morgan fingerprint density at radius 2 is 1.86 bits per heavy atom. The van der Waals surface area contributed by atoms with Gasteiger partial charge in [0, 0.05) is 0 Å². The molecule has 2 heterocycles. The van der Waals surface area contributed by atoms with Gasteiger partial charge in [-0.25, -0.2) is 13.1 Å². The van der Waals surface area contributed by atoms with Gasteiger partial charge in [0.25, 0.3) is 0 Å². The van der Waals surface area contributed by atoms with Gasteiger partial charge in [-0.1, -0.05) is 17.7 Å². The lowest BCUT2D eigenvalue weighted by atomic mass is 9.99. The van der Waals surface area contributed by atoms with Crippen LogP contribution in [0.25, 0.3) is 0 Å². The molecule has 2 saturated heterocycles. The van der Waals surface area contributed by atoms with Crippen molar-refractivity contribution in [2.24, 2.45) is 0 Å². The number of ether oxygens (including phenoxy) is 2. The molecule has 5 atom stereocenters. The molecule has 1 aromatic rings. The number of aryl methyl sites for hydroxylation is 1. The third kappa shape index (κ3) is 2.70. The van der Waals surface area contributed by atoms with E-state index in [2.05, 4.69) is 4.72 Å². The van der Waals surface area contributed by atoms with Crippen LogP contribution in [0.5, 0.6) is 0 Å². The standard InChI is InChI=1S/C13H17NO6S/c1-7-2-4-8(5-3-7)21(17,18)14-10-9-6-19-13(20-9)12(16)11(10)15/h2-5,9-16H,6H2,1H3/t9-,10-,11-,12+,13-/m1/s1. The second kappa shape index (κ2) is 5.31. The Kier molecular flexibility index (Phi) is 3.76. The molecule has 116 valence electrons. The molecule has 3 rings (SSSR count). The summed E-state index contributed by atoms with van der Waals surface area (Å²) < 4.78 is 37.6. The summed E-state index contributed by atoms with van der Waals surface area (Å²) in [7, 11) is -3.81. The molecule has 2 aliphatic rings. The quantitative estimate of drug-likeness (QED) is 0.669. The Balaban J connectivity index is 1.83. The van der Waals surface area contributed by atoms with Gasteiger partial charge in [-0.3, -0.25) is 0 Å². The van der Waals surface area contributed by atoms with Crippen molar-refractivity contribution in [1.29, 1.82) is 0 Å². The van der Waals surface area contributed by atoms with Crippen molar-refractivity contribution in [2.45, 2.75) is 42.5 Å². The molecule has 0 aliphatic carbocycles. The van der Waals surface area contributed by atoms with Crippen LogP contribution >= 0.6 is 0 Å². The minimum absolute atomic E-state index is 0.0934. The fourth-order valence-corrected chi connectivity index (χ4v) is 3.79. The molecule has 0 saturated carbocycles. The van der Waals surface area contributed by atoms with E-state index in [1.54, 1.807) is 12.1 Å². The Morgan fingerprint density at radius 1 is 1.19 bits per heavy atom. The first-order chi connectivity index (χ1) is 9.88. The number of hydrogen-bond donors (Lipinski definition) is 3. The molecule has 3 N–H and O–H groups in total. The summed E-state index contributed by atoms with van der Waals surface area (Å²) in [4.78, 5) is 0.0934. The number of fused-ring (bicyclic) bond motifs is 2. The van der Waals surface area contributed by atoms with Crippen LogP contribution in [0, 0.1) is 6.92 Å². The van der Waals surface area contributed by atoms with Crippen LogP contribution in [0.3, 0.4) is 0 Å². The lowest BCUT2D eigenvalue weighted by molar-refractivity contribution is -0.200. The van der Waals surface area contributed by atoms with Gasteiger partial charge >= 0.3 is 0 Å². The fourth-order valence-electron chi connectivity index (χ4n) is 2.51. The van der Waals surface area contributed by atoms with Gasteiger partial charge in [-0.15, -0.1) is 0 Å². The lowest BCUT2D eigenvalue weighted by Crippen LogP contribution is -2.60. The van der Waals surface area contributed by atoms with Crippen LogP contribution in [0.15, 0.2) is 29.2 Å². The lowest BCUT2D eigenvalue weighted by Gasteiger charge is -2.35. The highest BCUT2D eigenvalue weighted by atomic mass is 32.2. The molecular weight excluding hydrogens is 298 g/mol. The van der Waals surface area contributed by atoms with Gasteiger partial charge in [0.1, 0.15) is 18.3 Å². The maximum atomic E-state index is 12.3. The number of aliphatic hydroxyl groups is 2. The van der Waals surface area contributed by atoms with E-state index < -0.39 is 40.7 Å². The molecule has 8 heteroatoms. The summed E-state index contributed by atoms with van der Waals surface area (Å²) >= 11 is 0. The number of sulfonamides is 1. The number of hydrogen-bond acceptors (Lipinski definition) is 6. The average Bonchev–Trinajstić information content (AvgIpc) is 2.89. The molecule has 0 spiro atoms. The Hall–Kier alpha value is -1.03. The van der Waals surface area contributed by atoms with Crippen LogP contribution < -0.4 is 4.72 Å². The van der Waals surface area contributed by atoms with Crippen molar-refractivity contribution in [3.8, 4) is 0 Å². The molecule has 1 aromatic carbocycles. The van der Waals surface area contributed by atoms with E-state index >= 15 is 0 Å². The Labute approximate surface area is 122 Å². The maximum Gasteiger partial charge on any atom is 0.240 e. The summed E-state index contributed by atoms with van der Waals surface area (Å²) in [6, 6.07) is 5.39. The minimum atomic E-state index is -3.81. The smallest absolute Gasteiger partial charge is 0.240 e. The topological polar surface area (TPSA) is 105 Å². The normalized spacial score (nSPS) is 35.9. The highest BCUT2D eigenvalue weighted by Crippen LogP contribution is 2.29. The monoisotopic (exact) mass is 315 g/mol. The van der Waals surface area contributed by atoms with E-state index in [4.69, 9.17) is 9.47 Å². The fraction of sp³-hybridized carbons (Fsp3) is 0.538. The van der Waals surface area contributed by atoms with Gasteiger partial charge in [-0.2, -0.15) is 0 Å². The van der Waals surface area contributed by atoms with Crippen molar-refractivity contribution in [3.63, 3.8) is 0 Å². The average molecular weight is 315 g/mol. The molecule has 21 heavy (non-hydrogen) atoms. The summed E-state index contributed by atoms with van der Waals surface area (Å²) in [5, 5.41) is 19.8. The zero-order valence-electron chi connectivity index (χ0n) is 11.3. The van der Waals surface area contributed by atoms with Crippen molar-refractivity contribution in [3.05, 3.63) is 29.8 Å². The zero-order chi connectivity index (χ0) is 15.2. The minimum Gasteiger partial charge on any atom is -0.388 e. The number of benzene rings is 1. The Bertz CT molecular complexity index is 616. The van der Waals surface area contributed by atoms with Crippen molar-refractivity contribution < 1.29 is 28.1 Å². The molecule has 0 amide bonds. The third-order valence-electron chi connectivity index (χ3n) is 3.75. The van der Waals surface area contributed by atoms with Crippen LogP contribution in [0.2, 0.25) is 0 Å². The van der Waals surface area contributed by atoms with E-state index in [9.17, 15) is 18.6 Å². The molecular formula is C13H17NO6S. The molecule has 2 aliphatic heterocycles. The van der Waals surface area contributed by atoms with Crippen molar-refractivity contribution >= 4 is 10.0 Å². The van der Waals surface area contributed by atoms with Gasteiger partial charge in [0.05, 0.1) is 17.5 Å². The maximum absolute atomic E-state index is 12.3. The molecule has 0 aromatic heterocycles. The molecule has 7 nitrogen and oxygen atoms in total. The van der Waals surface area contributed by atoms with Gasteiger partial charge < -0.3 is 19.7 Å². The molecule has 2 bridgehead atoms. The van der Waals surface area contributed by atoms with E-state index in [0.717, 1.165) is 5.56 Å². The SMILES string of the molecule is Cc1ccc(S(=O)(=O)N[C@H]2[C@@H](O)[C@H](O)[C@@H]3OC[C@H]2O3)cc1. The van der Waals surface area contributed by atoms with Crippen molar-refractivity contribution in [1.82, 2.24) is 4.72 Å². The van der Waals surface area contributed by atoms with E-state index in [0.29, 0.717) is 0 Å². The van der Waals surface area contributed by atoms with Crippen LogP contribution in [-0.4, -0.2) is 55.9 Å². The molecule has 0 unspecified atom stereocenters. The van der Waals surface area contributed by atoms with E-state index in [1.807, 2.05) is 6.92 Å². The van der Waals surface area contributed by atoms with Crippen LogP contribution in [0.1, 0.15) is 5.56 Å². The molecule has 2 fully saturated rings. The van der Waals surface area contributed by atoms with Crippen LogP contribution in [-0.2, 0) is 19.5 Å². The van der Waals surface area contributed by atoms with Gasteiger partial charge in [0.15, 0.2) is 6.29 Å². The summed E-state index contributed by atoms with van der Waals surface area (Å²) in [6.07, 6.45) is -4.08. The number of nitrogens with one attached hydrogen (secondary N) is 1. The van der Waals surface area contributed by atoms with E-state index in [-0.39, 0.29) is 11.5 Å². The zero-order valence-corrected chi connectivity index (χ0v) is 12.2. The van der Waals surface area contributed by atoms with Crippen LogP contribution in [0.4, 0.5) is 0 Å². The third-order valence-corrected chi connectivity index (χ3v) is 5.23. The second-order valence-corrected chi connectivity index (χ2v) is 7.03. The first-order valence-electron chi connectivity index (χ1n) is 6.61. The highest BCUT2D eigenvalue weighted by Gasteiger charge is 2.50. The first-order valence-corrected chi connectivity index (χ1v) is 8.09. The van der Waals surface area contributed by atoms with E-state index in [1.165, 1.54) is 12.1 Å². The largest absolute Gasteiger partial charge is 0.388 e. The first kappa shape index (κ1) is 14.9. The Morgan fingerprint density at radius 3 is 2.52 bits per heavy atom. The molecule has 0 radical (unpaired) electrons. The highest BCUT2D eigenvalue weighted by molar-refractivity contribution is 7.89. The summed E-state index contributed by atoms with van der Waals surface area (Å²) in [5.74, 6) is 0. The number of rotatable bonds is 3. The van der Waals surface area contributed by atoms with Gasteiger partial charge in [-0.05, 0) is 19.1 Å². The summed E-state index contributed by atoms with van der Waals surface area (Å²) in [5.41, 5.74) is 0.942. The predicted molar refractivity (Wildman–Crippen MR) is 71.9 cm³/mol. The van der Waals surface area contributed by atoms with Gasteiger partial charge in [0.2, 0.25) is 10.0 Å². The van der Waals surface area contributed by atoms with Crippen molar-refractivity contribution in [2.75, 3.05) is 6.61 Å². The number of aliphatic hydroxyl groups excluding tert-OH is 2. The second-order valence-electron chi connectivity index (χ2n) is 5.32. The predicted octanol–water partition coefficient (Wildman–Crippen LogP) is -0.881. The summed E-state index contributed by atoms with van der Waals surface area (Å²) in [6.45, 7) is 1.98.